The van der Waals surface area contributed by atoms with Gasteiger partial charge in [-0.05, 0) is 0 Å². The van der Waals surface area contributed by atoms with Gasteiger partial charge in [0, 0.05) is 0 Å². The third kappa shape index (κ3) is 4.42. The second-order valence-electron chi connectivity index (χ2n) is 8.31. The molecule has 0 aromatic carbocycles. The van der Waals surface area contributed by atoms with Gasteiger partial charge in [0.1, 0.15) is 42.7 Å². The summed E-state index contributed by atoms with van der Waals surface area (Å²) in [6, 6.07) is 0. The van der Waals surface area contributed by atoms with Crippen molar-refractivity contribution in [3.8, 4) is 0 Å². The van der Waals surface area contributed by atoms with Gasteiger partial charge in [-0.25, -0.2) is 9.59 Å². The van der Waals surface area contributed by atoms with Gasteiger partial charge in [-0.2, -0.15) is 0 Å². The van der Waals surface area contributed by atoms with E-state index in [0.29, 0.717) is 0 Å². The lowest BCUT2D eigenvalue weighted by atomic mass is 9.73. The summed E-state index contributed by atoms with van der Waals surface area (Å²) in [5.41, 5.74) is -5.89. The maximum atomic E-state index is 12.7. The fourth-order valence-corrected chi connectivity index (χ4v) is 4.11. The van der Waals surface area contributed by atoms with Gasteiger partial charge in [0.05, 0.1) is 26.4 Å². The van der Waals surface area contributed by atoms with E-state index in [1.54, 1.807) is 0 Å². The van der Waals surface area contributed by atoms with Gasteiger partial charge in [-0.15, -0.1) is 0 Å². The van der Waals surface area contributed by atoms with E-state index in [1.165, 1.54) is 0 Å². The second-order valence-corrected chi connectivity index (χ2v) is 8.31. The van der Waals surface area contributed by atoms with Crippen LogP contribution in [-0.2, 0) is 33.3 Å². The molecule has 35 heavy (non-hydrogen) atoms. The zero-order valence-corrected chi connectivity index (χ0v) is 17.9. The average Bonchev–Trinajstić information content (AvgIpc) is 2.85. The molecule has 2 unspecified atom stereocenters. The Bertz CT molecular complexity index is 780. The molecule has 17 heteroatoms. The largest absolute Gasteiger partial charge is 0.445 e. The number of aliphatic hydroxyl groups is 10. The van der Waals surface area contributed by atoms with Crippen molar-refractivity contribution in [3.63, 3.8) is 0 Å². The summed E-state index contributed by atoms with van der Waals surface area (Å²) in [4.78, 5) is 24.9. The SMILES string of the molecule is O=C1OC(CO)([C@]2(CO)O[C@H](OC[C@H]3O[C@@H](O)[C@H](O)[C@@H](O)[C@@H]3O)[C@H](O)[C@@H](O)[C@@H]2O)C(=O)OC1CO. The lowest BCUT2D eigenvalue weighted by Gasteiger charge is -2.55. The molecule has 0 aromatic heterocycles. The maximum absolute atomic E-state index is 12.7. The summed E-state index contributed by atoms with van der Waals surface area (Å²) < 4.78 is 25.2. The van der Waals surface area contributed by atoms with Crippen LogP contribution in [0.25, 0.3) is 0 Å². The number of esters is 2. The Morgan fingerprint density at radius 1 is 0.829 bits per heavy atom. The fraction of sp³-hybridized carbons (Fsp3) is 0.889. The van der Waals surface area contributed by atoms with E-state index in [0.717, 1.165) is 0 Å². The molecular formula is C18H28O17. The van der Waals surface area contributed by atoms with Crippen molar-refractivity contribution in [2.24, 2.45) is 0 Å². The summed E-state index contributed by atoms with van der Waals surface area (Å²) in [6.07, 6.45) is -19.6. The zero-order valence-electron chi connectivity index (χ0n) is 17.9. The molecule has 3 fully saturated rings. The summed E-state index contributed by atoms with van der Waals surface area (Å²) in [7, 11) is 0. The molecule has 0 aromatic rings. The van der Waals surface area contributed by atoms with E-state index in [-0.39, 0.29) is 0 Å². The Labute approximate surface area is 196 Å². The Morgan fingerprint density at radius 2 is 1.49 bits per heavy atom. The number of rotatable bonds is 7. The van der Waals surface area contributed by atoms with Crippen LogP contribution in [-0.4, -0.2) is 162 Å². The lowest BCUT2D eigenvalue weighted by Crippen LogP contribution is -2.80. The maximum Gasteiger partial charge on any atom is 0.357 e. The standard InChI is InChI=1S/C18H28O17/c19-1-5-13(28)34-18(4-21,16(30)33-5)17(3-20)12(27)9(24)11(26)15(35-17)31-2-6-7(22)8(23)10(25)14(29)32-6/h5-12,14-15,19-27,29H,1-4H2/t5?,6-,7-,8+,9-,10-,11-,12+,14-,15+,17-,18?/m1/s1. The fourth-order valence-electron chi connectivity index (χ4n) is 4.11. The van der Waals surface area contributed by atoms with Gasteiger partial charge in [-0.3, -0.25) is 0 Å². The summed E-state index contributed by atoms with van der Waals surface area (Å²) >= 11 is 0. The first-order valence-electron chi connectivity index (χ1n) is 10.4. The Hall–Kier alpha value is -1.58. The van der Waals surface area contributed by atoms with Crippen LogP contribution in [0.15, 0.2) is 0 Å². The van der Waals surface area contributed by atoms with E-state index < -0.39 is 111 Å². The van der Waals surface area contributed by atoms with E-state index >= 15 is 0 Å². The minimum absolute atomic E-state index is 0.795. The molecule has 202 valence electrons. The molecule has 0 spiro atoms. The molecule has 3 aliphatic rings. The monoisotopic (exact) mass is 516 g/mol. The molecule has 10 N–H and O–H groups in total. The quantitative estimate of drug-likeness (QED) is 0.141. The van der Waals surface area contributed by atoms with Gasteiger partial charge in [0.25, 0.3) is 5.60 Å². The van der Waals surface area contributed by atoms with Crippen LogP contribution in [0, 0.1) is 0 Å². The first-order chi connectivity index (χ1) is 16.4. The zero-order chi connectivity index (χ0) is 26.3. The number of hydrogen-bond donors (Lipinski definition) is 10. The highest BCUT2D eigenvalue weighted by Gasteiger charge is 2.72. The van der Waals surface area contributed by atoms with Crippen LogP contribution >= 0.6 is 0 Å². The van der Waals surface area contributed by atoms with Crippen molar-refractivity contribution in [3.05, 3.63) is 0 Å². The number of aliphatic hydroxyl groups excluding tert-OH is 10. The number of cyclic esters (lactones) is 2. The Morgan fingerprint density at radius 3 is 2.06 bits per heavy atom. The van der Waals surface area contributed by atoms with Crippen LogP contribution in [0.4, 0.5) is 0 Å². The van der Waals surface area contributed by atoms with Crippen LogP contribution in [0.5, 0.6) is 0 Å². The molecule has 3 aliphatic heterocycles. The topological polar surface area (TPSA) is 283 Å². The minimum atomic E-state index is -3.00. The van der Waals surface area contributed by atoms with Crippen molar-refractivity contribution in [2.75, 3.05) is 26.4 Å². The Balaban J connectivity index is 1.89. The van der Waals surface area contributed by atoms with Crippen molar-refractivity contribution >= 4 is 11.9 Å². The van der Waals surface area contributed by atoms with Crippen molar-refractivity contribution < 1.29 is 84.3 Å². The van der Waals surface area contributed by atoms with E-state index in [1.807, 2.05) is 0 Å². The molecule has 0 saturated carbocycles. The van der Waals surface area contributed by atoms with E-state index in [9.17, 15) is 55.5 Å². The second kappa shape index (κ2) is 10.4. The van der Waals surface area contributed by atoms with Crippen LogP contribution in [0.2, 0.25) is 0 Å². The summed E-state index contributed by atoms with van der Waals surface area (Å²) in [5.74, 6) is -2.96. The van der Waals surface area contributed by atoms with E-state index in [4.69, 9.17) is 28.8 Å². The average molecular weight is 516 g/mol. The summed E-state index contributed by atoms with van der Waals surface area (Å²) in [5, 5.41) is 99.6. The number of carbonyl (C=O) groups is 2. The molecule has 0 amide bonds. The first kappa shape index (κ1) is 28.0. The van der Waals surface area contributed by atoms with Gasteiger partial charge >= 0.3 is 11.9 Å². The van der Waals surface area contributed by atoms with Crippen molar-refractivity contribution in [1.82, 2.24) is 0 Å². The highest BCUT2D eigenvalue weighted by molar-refractivity contribution is 5.92. The van der Waals surface area contributed by atoms with Crippen LogP contribution in [0.1, 0.15) is 0 Å². The highest BCUT2D eigenvalue weighted by atomic mass is 16.7. The van der Waals surface area contributed by atoms with Gasteiger partial charge in [-0.1, -0.05) is 0 Å². The van der Waals surface area contributed by atoms with Gasteiger partial charge < -0.3 is 74.7 Å². The molecular weight excluding hydrogens is 488 g/mol. The molecule has 3 heterocycles. The lowest BCUT2D eigenvalue weighted by molar-refractivity contribution is -0.382. The molecule has 3 rings (SSSR count). The Kier molecular flexibility index (Phi) is 8.34. The molecule has 3 saturated heterocycles. The van der Waals surface area contributed by atoms with E-state index in [2.05, 4.69) is 0 Å². The third-order valence-electron chi connectivity index (χ3n) is 6.29. The molecule has 0 radical (unpaired) electrons. The predicted molar refractivity (Wildman–Crippen MR) is 100 cm³/mol. The molecule has 17 nitrogen and oxygen atoms in total. The van der Waals surface area contributed by atoms with Crippen molar-refractivity contribution in [2.45, 2.75) is 72.6 Å². The number of ether oxygens (including phenoxy) is 5. The van der Waals surface area contributed by atoms with Crippen molar-refractivity contribution in [1.29, 1.82) is 0 Å². The van der Waals surface area contributed by atoms with Crippen LogP contribution in [0.3, 0.4) is 0 Å². The third-order valence-corrected chi connectivity index (χ3v) is 6.29. The molecule has 0 aliphatic carbocycles. The number of hydrogen-bond acceptors (Lipinski definition) is 17. The summed E-state index contributed by atoms with van der Waals surface area (Å²) in [6.45, 7) is -4.66. The minimum Gasteiger partial charge on any atom is -0.445 e. The molecule has 0 bridgehead atoms. The van der Waals surface area contributed by atoms with Gasteiger partial charge in [0.15, 0.2) is 18.2 Å². The van der Waals surface area contributed by atoms with Crippen LogP contribution < -0.4 is 0 Å². The van der Waals surface area contributed by atoms with Gasteiger partial charge in [0.2, 0.25) is 6.10 Å². The first-order valence-corrected chi connectivity index (χ1v) is 10.4. The smallest absolute Gasteiger partial charge is 0.357 e. The highest BCUT2D eigenvalue weighted by Crippen LogP contribution is 2.43. The normalized spacial score (nSPS) is 48.9. The number of carbonyl (C=O) groups excluding carboxylic acids is 2. The predicted octanol–water partition coefficient (Wildman–Crippen LogP) is -7.83. The molecule has 12 atom stereocenters.